The number of amides is 2. The van der Waals surface area contributed by atoms with E-state index in [1.54, 1.807) is 82.1 Å². The number of rotatable bonds is 13. The molecule has 4 saturated heterocycles. The minimum atomic E-state index is -2.44. The lowest BCUT2D eigenvalue weighted by atomic mass is 9.78. The number of ether oxygens (including phenoxy) is 11. The third-order valence-electron chi connectivity index (χ3n) is 29.2. The van der Waals surface area contributed by atoms with Crippen LogP contribution in [-0.4, -0.2) is 265 Å². The second kappa shape index (κ2) is 53.6. The number of nitrogens with zero attached hydrogens (tertiary/aromatic N) is 2. The van der Waals surface area contributed by atoms with E-state index in [-0.39, 0.29) is 116 Å². The number of cyclic esters (lactones) is 2. The lowest BCUT2D eigenvalue weighted by Gasteiger charge is -2.42. The Labute approximate surface area is 789 Å². The molecule has 2 amide bonds. The third kappa shape index (κ3) is 31.4. The van der Waals surface area contributed by atoms with Crippen molar-refractivity contribution in [3.8, 4) is 0 Å². The monoisotopic (exact) mass is 1870 g/mol. The Morgan fingerprint density at radius 2 is 0.842 bits per heavy atom. The number of piperidine rings is 2. The number of carbonyl (C=O) groups excluding carboxylic acids is 11. The quantitative estimate of drug-likeness (QED) is 0.0495. The predicted octanol–water partition coefficient (Wildman–Crippen LogP) is 12.9. The van der Waals surface area contributed by atoms with E-state index in [1.165, 1.54) is 30.9 Å². The lowest BCUT2D eigenvalue weighted by molar-refractivity contribution is -0.265. The van der Waals surface area contributed by atoms with E-state index in [4.69, 9.17) is 52.1 Å². The second-order valence-corrected chi connectivity index (χ2v) is 39.8. The Balaban J connectivity index is 0.000000364. The molecule has 2 aliphatic carbocycles. The van der Waals surface area contributed by atoms with Crippen LogP contribution in [0.3, 0.4) is 0 Å². The minimum Gasteiger partial charge on any atom is -0.460 e. The molecule has 0 aromatic heterocycles. The van der Waals surface area contributed by atoms with Gasteiger partial charge in [-0.1, -0.05) is 142 Å². The van der Waals surface area contributed by atoms with Crippen LogP contribution in [0, 0.1) is 71.0 Å². The van der Waals surface area contributed by atoms with Crippen molar-refractivity contribution in [2.75, 3.05) is 55.7 Å². The number of hydrogen-bond donors (Lipinski definition) is 5. The van der Waals surface area contributed by atoms with Crippen molar-refractivity contribution in [1.29, 1.82) is 0 Å². The number of hydrogen-bond acceptors (Lipinski definition) is 27. The molecule has 0 aromatic carbocycles. The molecule has 748 valence electrons. The average molecular weight is 1870 g/mol. The van der Waals surface area contributed by atoms with E-state index in [0.29, 0.717) is 133 Å². The van der Waals surface area contributed by atoms with Crippen LogP contribution in [0.15, 0.2) is 95.2 Å². The summed E-state index contributed by atoms with van der Waals surface area (Å²) in [6, 6.07) is -2.30. The number of esters is 3. The van der Waals surface area contributed by atoms with Gasteiger partial charge in [0.1, 0.15) is 66.4 Å². The zero-order valence-corrected chi connectivity index (χ0v) is 83.1. The Bertz CT molecular complexity index is 4140. The molecule has 29 nitrogen and oxygen atoms in total. The van der Waals surface area contributed by atoms with Crippen LogP contribution in [0.2, 0.25) is 0 Å². The molecule has 2 saturated carbocycles. The van der Waals surface area contributed by atoms with Crippen LogP contribution in [-0.2, 0) is 105 Å². The molecule has 6 fully saturated rings. The zero-order chi connectivity index (χ0) is 98.6. The second-order valence-electron chi connectivity index (χ2n) is 39.8. The molecule has 0 radical (unpaired) electrons. The fourth-order valence-corrected chi connectivity index (χ4v) is 20.6. The largest absolute Gasteiger partial charge is 0.460 e. The summed E-state index contributed by atoms with van der Waals surface area (Å²) in [4.78, 5) is 156. The number of carbonyl (C=O) groups is 11. The number of aliphatic hydroxyl groups excluding tert-OH is 3. The summed E-state index contributed by atoms with van der Waals surface area (Å²) in [5, 5.41) is 57.3. The number of fused-ring (bicyclic) bond motifs is 6. The van der Waals surface area contributed by atoms with E-state index in [9.17, 15) is 78.3 Å². The van der Waals surface area contributed by atoms with Gasteiger partial charge in [0.15, 0.2) is 11.6 Å². The topological polar surface area (TPSA) is 397 Å². The van der Waals surface area contributed by atoms with Crippen LogP contribution in [0.1, 0.15) is 258 Å². The van der Waals surface area contributed by atoms with Gasteiger partial charge in [-0.2, -0.15) is 0 Å². The van der Waals surface area contributed by atoms with Crippen molar-refractivity contribution in [2.45, 2.75) is 367 Å². The molecule has 0 aromatic rings. The van der Waals surface area contributed by atoms with Gasteiger partial charge in [-0.15, -0.1) is 0 Å². The fraction of sp³-hybridized carbons (Fsp3) is 0.740. The summed E-state index contributed by atoms with van der Waals surface area (Å²) in [5.74, 6) is -16.5. The molecule has 0 spiro atoms. The zero-order valence-electron chi connectivity index (χ0n) is 83.1. The highest BCUT2D eigenvalue weighted by molar-refractivity contribution is 6.39. The lowest BCUT2D eigenvalue weighted by Crippen LogP contribution is -2.61. The van der Waals surface area contributed by atoms with Crippen molar-refractivity contribution >= 4 is 64.4 Å². The first kappa shape index (κ1) is 113. The van der Waals surface area contributed by atoms with Crippen LogP contribution in [0.5, 0.6) is 0 Å². The van der Waals surface area contributed by atoms with Crippen molar-refractivity contribution in [3.63, 3.8) is 0 Å². The van der Waals surface area contributed by atoms with Gasteiger partial charge in [0.2, 0.25) is 11.6 Å². The highest BCUT2D eigenvalue weighted by Crippen LogP contribution is 2.42. The molecule has 8 aliphatic rings. The predicted molar refractivity (Wildman–Crippen MR) is 500 cm³/mol. The molecular weight excluding hydrogens is 1710 g/mol. The van der Waals surface area contributed by atoms with Gasteiger partial charge in [0.05, 0.1) is 42.7 Å². The standard InChI is InChI=1S/C53H81NO14.C51H79NO13/c1-31-17-13-12-14-18-32(2)44(63-9)29-40-22-20-37(7)53(62,68-40)50(59)51(60)54-24-16-15-19-41(54)52(61)67-45(34(4)27-39-21-23-43(66-38(8)55)46(28-39)64-10)30-42(56)33(3)26-36(6)48(58)49(65-11)47(57)35(5)25-31;1-30-16-12-11-13-17-31(2)42(61-8)28-38-21-19-36(7)51(60,65-38)48(57)49(58)52-23-15-14-18-39(52)50(59)64-43(33(4)26-37-20-22-40(53)44(27-37)62-9)29-41(54)32(3)25-35(6)46(56)47(63-10)45(55)34(5)24-30/h12-14,17-18,26,31,33-35,37,39-41,43-46,48-49,58,62H,15-16,19-25,27-30H2,1-11H3;11-13,16-17,25,30,32-34,36-40,42-44,46-47,53,56,60H,14-15,18-24,26-29H2,1-10H3/b14-12?,17-13+,32-18?,36-26+;13-11?,16-12+,31-17?,35-25+/t31-,33-,34-,35-,37-,39+,40+,41+,43-,44+,45+,46-,48-,49+,53-;30-,32-,33-,34-,36-,37+,38+,39+,40-,42+,43+,44-,46-,47+,51-/m11/s1. The number of aliphatic hydroxyl groups is 5. The summed E-state index contributed by atoms with van der Waals surface area (Å²) in [5.41, 5.74) is 2.52. The number of ketones is 6. The number of allylic oxidation sites excluding steroid dienone is 12. The first-order chi connectivity index (χ1) is 62.9. The SMILES string of the molecule is CO[C@H]1C[C@@H]2CC[C@@H](C)[C@@](O)(O2)C(=O)C(=O)N2CCCC[C@H]2C(=O)O[C@H]([C@H](C)C[C@@H]2CC[C@@H](O)[C@H](OC)C2)CC(=O)[C@H](C)/C=C(\C)[C@@H](O)[C@@H](OC)C(=O)[C@H](C)C[C@H](C)/C=C/C=CC=C1C.CO[C@H]1C[C@@H]2CC[C@@H](C)[C@@](O)(O2)C(=O)C(=O)N2CCCC[C@H]2C(=O)O[C@H]([C@H](C)C[C@@H]2CC[C@@H](OC(C)=O)[C@H](OC)C2)CC(=O)[C@H](C)/C=C(\C)[C@@H](O)[C@@H](OC)C(=O)[C@H](C)C[C@H](C)/C=C/C=CC=C1C. The smallest absolute Gasteiger partial charge is 0.329 e. The minimum absolute atomic E-state index is 0.0110. The molecular formula is C104H160N2O27. The van der Waals surface area contributed by atoms with E-state index in [0.717, 1.165) is 17.6 Å². The van der Waals surface area contributed by atoms with E-state index in [2.05, 4.69) is 0 Å². The van der Waals surface area contributed by atoms with E-state index in [1.807, 2.05) is 116 Å². The van der Waals surface area contributed by atoms with Gasteiger partial charge >= 0.3 is 17.9 Å². The van der Waals surface area contributed by atoms with Crippen molar-refractivity contribution in [1.82, 2.24) is 9.80 Å². The molecule has 6 heterocycles. The summed E-state index contributed by atoms with van der Waals surface area (Å²) in [6.45, 7) is 26.8. The van der Waals surface area contributed by atoms with Gasteiger partial charge in [-0.25, -0.2) is 9.59 Å². The Morgan fingerprint density at radius 3 is 1.22 bits per heavy atom. The van der Waals surface area contributed by atoms with Crippen LogP contribution >= 0.6 is 0 Å². The maximum atomic E-state index is 14.4. The van der Waals surface area contributed by atoms with Gasteiger partial charge in [0, 0.05) is 124 Å². The first-order valence-electron chi connectivity index (χ1n) is 48.7. The maximum Gasteiger partial charge on any atom is 0.329 e. The van der Waals surface area contributed by atoms with Crippen LogP contribution in [0.4, 0.5) is 0 Å². The van der Waals surface area contributed by atoms with Crippen molar-refractivity contribution in [3.05, 3.63) is 95.2 Å². The molecule has 4 bridgehead atoms. The molecule has 5 N–H and O–H groups in total. The normalized spacial score (nSPS) is 38.5. The average Bonchev–Trinajstić information content (AvgIpc) is 0.780. The van der Waals surface area contributed by atoms with Gasteiger partial charge in [-0.3, -0.25) is 43.2 Å². The molecule has 133 heavy (non-hydrogen) atoms. The molecule has 6 aliphatic heterocycles. The van der Waals surface area contributed by atoms with E-state index < -0.39 is 168 Å². The summed E-state index contributed by atoms with van der Waals surface area (Å²) < 4.78 is 64.5. The molecule has 30 atom stereocenters. The van der Waals surface area contributed by atoms with Gasteiger partial charge in [0.25, 0.3) is 23.4 Å². The van der Waals surface area contributed by atoms with E-state index >= 15 is 0 Å². The van der Waals surface area contributed by atoms with Crippen molar-refractivity contribution in [2.24, 2.45) is 71.0 Å². The summed E-state index contributed by atoms with van der Waals surface area (Å²) in [6.07, 6.45) is 22.3. The number of methoxy groups -OCH3 is 6. The highest BCUT2D eigenvalue weighted by atomic mass is 16.6. The van der Waals surface area contributed by atoms with Gasteiger partial charge < -0.3 is 87.4 Å². The highest BCUT2D eigenvalue weighted by Gasteiger charge is 2.56. The summed E-state index contributed by atoms with van der Waals surface area (Å²) >= 11 is 0. The van der Waals surface area contributed by atoms with Crippen LogP contribution in [0.25, 0.3) is 0 Å². The maximum absolute atomic E-state index is 14.4. The Kier molecular flexibility index (Phi) is 45.5. The van der Waals surface area contributed by atoms with Gasteiger partial charge in [-0.05, 0) is 214 Å². The molecule has 8 rings (SSSR count). The fourth-order valence-electron chi connectivity index (χ4n) is 20.6. The first-order valence-corrected chi connectivity index (χ1v) is 48.7. The molecule has 0 unspecified atom stereocenters. The number of Topliss-reactive ketones (excluding diaryl/α,β-unsaturated/α-hetero) is 6. The molecule has 29 heteroatoms. The van der Waals surface area contributed by atoms with Crippen molar-refractivity contribution < 1.29 is 130 Å². The summed E-state index contributed by atoms with van der Waals surface area (Å²) in [7, 11) is 9.04. The third-order valence-corrected chi connectivity index (χ3v) is 29.2. The Hall–Kier alpha value is -7.23. The Morgan fingerprint density at radius 1 is 0.451 bits per heavy atom. The van der Waals surface area contributed by atoms with Crippen LogP contribution < -0.4 is 0 Å².